The summed E-state index contributed by atoms with van der Waals surface area (Å²) in [6.45, 7) is 2.37. The summed E-state index contributed by atoms with van der Waals surface area (Å²) in [7, 11) is -3.42. The molecule has 0 bridgehead atoms. The van der Waals surface area contributed by atoms with Gasteiger partial charge in [-0.2, -0.15) is 12.3 Å². The smallest absolute Gasteiger partial charge is 0.306 e. The molecule has 3 rings (SSSR count). The first-order valence-electron chi connectivity index (χ1n) is 8.37. The van der Waals surface area contributed by atoms with Crippen molar-refractivity contribution < 1.29 is 8.42 Å². The van der Waals surface area contributed by atoms with E-state index in [0.29, 0.717) is 13.1 Å². The van der Waals surface area contributed by atoms with Crippen LogP contribution in [0.3, 0.4) is 0 Å². The predicted molar refractivity (Wildman–Crippen MR) is 104 cm³/mol. The summed E-state index contributed by atoms with van der Waals surface area (Å²) in [6.07, 6.45) is 5.58. The van der Waals surface area contributed by atoms with Crippen LogP contribution in [0, 0.1) is 0 Å². The zero-order valence-electron chi connectivity index (χ0n) is 14.3. The van der Waals surface area contributed by atoms with Gasteiger partial charge in [0.2, 0.25) is 0 Å². The fourth-order valence-corrected chi connectivity index (χ4v) is 4.67. The van der Waals surface area contributed by atoms with E-state index in [1.54, 1.807) is 13.1 Å². The van der Waals surface area contributed by atoms with Gasteiger partial charge in [0.05, 0.1) is 5.75 Å². The van der Waals surface area contributed by atoms with E-state index in [1.165, 1.54) is 0 Å². The van der Waals surface area contributed by atoms with Crippen LogP contribution >= 0.6 is 0 Å². The highest BCUT2D eigenvalue weighted by Crippen LogP contribution is 2.35. The van der Waals surface area contributed by atoms with E-state index in [9.17, 15) is 8.42 Å². The monoisotopic (exact) mass is 355 g/mol. The molecule has 0 saturated carbocycles. The SMILES string of the molecule is CCS(=O)(=O)[N+]1(c2cccc(-c3ccccc3)c2)C=C(CN)C=CC1. The maximum atomic E-state index is 13.0. The summed E-state index contributed by atoms with van der Waals surface area (Å²) in [5.41, 5.74) is 9.41. The lowest BCUT2D eigenvalue weighted by Gasteiger charge is -2.34. The molecule has 0 radical (unpaired) electrons. The van der Waals surface area contributed by atoms with Gasteiger partial charge in [-0.05, 0) is 24.1 Å². The number of quaternary nitrogens is 1. The van der Waals surface area contributed by atoms with E-state index in [2.05, 4.69) is 0 Å². The van der Waals surface area contributed by atoms with Crippen molar-refractivity contribution in [3.63, 3.8) is 0 Å². The molecule has 0 aliphatic carbocycles. The maximum absolute atomic E-state index is 13.0. The number of rotatable bonds is 5. The Morgan fingerprint density at radius 3 is 2.44 bits per heavy atom. The molecule has 1 aliphatic heterocycles. The van der Waals surface area contributed by atoms with E-state index in [0.717, 1.165) is 22.4 Å². The van der Waals surface area contributed by atoms with Crippen molar-refractivity contribution in [3.8, 4) is 11.1 Å². The standard InChI is InChI=1S/C20H23N2O2S/c1-2-25(23,24)22(13-7-8-17(15-21)16-22)20-12-6-11-19(14-20)18-9-4-3-5-10-18/h3-12,14,16H,2,13,15,21H2,1H3/q+1. The third-order valence-corrected chi connectivity index (χ3v) is 6.76. The number of nitrogens with zero attached hydrogens (tertiary/aromatic N) is 1. The molecule has 0 amide bonds. The van der Waals surface area contributed by atoms with Crippen molar-refractivity contribution in [1.29, 1.82) is 0 Å². The van der Waals surface area contributed by atoms with Crippen molar-refractivity contribution in [1.82, 2.24) is 3.89 Å². The fraction of sp³-hybridized carbons (Fsp3) is 0.200. The highest BCUT2D eigenvalue weighted by Gasteiger charge is 2.42. The van der Waals surface area contributed by atoms with Gasteiger partial charge >= 0.3 is 10.0 Å². The van der Waals surface area contributed by atoms with Crippen molar-refractivity contribution >= 4 is 15.7 Å². The van der Waals surface area contributed by atoms with E-state index >= 15 is 0 Å². The van der Waals surface area contributed by atoms with Crippen LogP contribution in [0.2, 0.25) is 0 Å². The van der Waals surface area contributed by atoms with Gasteiger partial charge in [-0.1, -0.05) is 48.5 Å². The second-order valence-corrected chi connectivity index (χ2v) is 8.47. The van der Waals surface area contributed by atoms with Crippen LogP contribution in [-0.4, -0.2) is 27.3 Å². The molecule has 2 aromatic carbocycles. The molecule has 5 heteroatoms. The van der Waals surface area contributed by atoms with E-state index in [-0.39, 0.29) is 9.64 Å². The molecular weight excluding hydrogens is 332 g/mol. The van der Waals surface area contributed by atoms with Gasteiger partial charge in [-0.15, -0.1) is 0 Å². The summed E-state index contributed by atoms with van der Waals surface area (Å²) in [5, 5.41) is 0. The van der Waals surface area contributed by atoms with E-state index in [4.69, 9.17) is 5.73 Å². The Morgan fingerprint density at radius 1 is 1.04 bits per heavy atom. The zero-order chi connectivity index (χ0) is 17.9. The summed E-state index contributed by atoms with van der Waals surface area (Å²) in [6, 6.07) is 17.7. The molecule has 1 atom stereocenters. The molecule has 1 aliphatic rings. The lowest BCUT2D eigenvalue weighted by molar-refractivity contribution is 0.511. The maximum Gasteiger partial charge on any atom is 0.306 e. The van der Waals surface area contributed by atoms with Gasteiger partial charge < -0.3 is 5.73 Å². The van der Waals surface area contributed by atoms with Gasteiger partial charge in [0.15, 0.2) is 5.69 Å². The Labute approximate surface area is 149 Å². The largest absolute Gasteiger partial charge is 0.326 e. The molecular formula is C20H23N2O2S+. The van der Waals surface area contributed by atoms with Crippen LogP contribution in [-0.2, 0) is 10.0 Å². The summed E-state index contributed by atoms with van der Waals surface area (Å²) in [5.74, 6) is 0.0603. The van der Waals surface area contributed by atoms with Crippen LogP contribution in [0.5, 0.6) is 0 Å². The van der Waals surface area contributed by atoms with Crippen molar-refractivity contribution in [2.75, 3.05) is 18.8 Å². The third-order valence-electron chi connectivity index (χ3n) is 4.57. The van der Waals surface area contributed by atoms with Gasteiger partial charge in [0.1, 0.15) is 12.7 Å². The van der Waals surface area contributed by atoms with Gasteiger partial charge in [-0.25, -0.2) is 0 Å². The number of sulfonamides is 1. The highest BCUT2D eigenvalue weighted by molar-refractivity contribution is 7.91. The molecule has 0 saturated heterocycles. The average Bonchev–Trinajstić information content (AvgIpc) is 2.68. The van der Waals surface area contributed by atoms with E-state index in [1.807, 2.05) is 66.7 Å². The summed E-state index contributed by atoms with van der Waals surface area (Å²) < 4.78 is 25.9. The molecule has 0 spiro atoms. The fourth-order valence-electron chi connectivity index (χ4n) is 3.16. The number of benzene rings is 2. The summed E-state index contributed by atoms with van der Waals surface area (Å²) >= 11 is 0. The van der Waals surface area contributed by atoms with E-state index < -0.39 is 10.0 Å². The Hall–Kier alpha value is -2.21. The summed E-state index contributed by atoms with van der Waals surface area (Å²) in [4.78, 5) is 0. The lowest BCUT2D eigenvalue weighted by atomic mass is 10.0. The van der Waals surface area contributed by atoms with Crippen LogP contribution in [0.25, 0.3) is 11.1 Å². The molecule has 0 aromatic heterocycles. The second-order valence-electron chi connectivity index (χ2n) is 6.08. The molecule has 1 unspecified atom stereocenters. The molecule has 2 aromatic rings. The van der Waals surface area contributed by atoms with Crippen LogP contribution < -0.4 is 9.62 Å². The minimum atomic E-state index is -3.42. The minimum Gasteiger partial charge on any atom is -0.326 e. The van der Waals surface area contributed by atoms with Crippen LogP contribution in [0.15, 0.2) is 78.5 Å². The number of hydrogen-bond acceptors (Lipinski definition) is 3. The first-order valence-corrected chi connectivity index (χ1v) is 9.98. The zero-order valence-corrected chi connectivity index (χ0v) is 15.1. The highest BCUT2D eigenvalue weighted by atomic mass is 32.2. The Bertz CT molecular complexity index is 918. The topological polar surface area (TPSA) is 60.2 Å². The minimum absolute atomic E-state index is 0.0603. The number of hydrogen-bond donors (Lipinski definition) is 1. The molecule has 0 fully saturated rings. The van der Waals surface area contributed by atoms with Crippen molar-refractivity contribution in [2.24, 2.45) is 5.73 Å². The van der Waals surface area contributed by atoms with Crippen molar-refractivity contribution in [2.45, 2.75) is 6.92 Å². The van der Waals surface area contributed by atoms with Gasteiger partial charge in [0, 0.05) is 24.3 Å². The second kappa shape index (κ2) is 6.96. The Morgan fingerprint density at radius 2 is 1.76 bits per heavy atom. The molecule has 2 N–H and O–H groups in total. The molecule has 25 heavy (non-hydrogen) atoms. The quantitative estimate of drug-likeness (QED) is 0.836. The van der Waals surface area contributed by atoms with Crippen molar-refractivity contribution in [3.05, 3.63) is 78.5 Å². The predicted octanol–water partition coefficient (Wildman–Crippen LogP) is 3.42. The third kappa shape index (κ3) is 3.18. The molecule has 4 nitrogen and oxygen atoms in total. The molecule has 130 valence electrons. The number of nitrogens with two attached hydrogens (primary N) is 1. The lowest BCUT2D eigenvalue weighted by Crippen LogP contribution is -2.51. The van der Waals surface area contributed by atoms with Crippen LogP contribution in [0.4, 0.5) is 5.69 Å². The average molecular weight is 355 g/mol. The first kappa shape index (κ1) is 17.6. The molecule has 1 heterocycles. The van der Waals surface area contributed by atoms with Crippen LogP contribution in [0.1, 0.15) is 6.92 Å². The Balaban J connectivity index is 2.19. The normalized spacial score (nSPS) is 20.3. The first-order chi connectivity index (χ1) is 12.0. The Kier molecular flexibility index (Phi) is 4.90. The van der Waals surface area contributed by atoms with Gasteiger partial charge in [-0.3, -0.25) is 0 Å². The van der Waals surface area contributed by atoms with Gasteiger partial charge in [0.25, 0.3) is 0 Å².